The number of piperidine rings is 1. The van der Waals surface area contributed by atoms with Crippen LogP contribution in [0.1, 0.15) is 79.1 Å². The third-order valence-corrected chi connectivity index (χ3v) is 6.56. The van der Waals surface area contributed by atoms with Crippen LogP contribution < -0.4 is 5.32 Å². The second kappa shape index (κ2) is 6.20. The van der Waals surface area contributed by atoms with Crippen LogP contribution in [0.4, 0.5) is 0 Å². The fraction of sp³-hybridized carbons (Fsp3) is 1.00. The number of hydrogen-bond acceptors (Lipinski definition) is 2. The maximum atomic E-state index is 3.88. The monoisotopic (exact) mass is 292 g/mol. The van der Waals surface area contributed by atoms with Crippen molar-refractivity contribution in [1.29, 1.82) is 0 Å². The molecule has 0 radical (unpaired) electrons. The molecule has 0 bridgehead atoms. The van der Waals surface area contributed by atoms with Gasteiger partial charge < -0.3 is 5.32 Å². The van der Waals surface area contributed by atoms with E-state index in [0.717, 1.165) is 23.9 Å². The van der Waals surface area contributed by atoms with Gasteiger partial charge in [-0.3, -0.25) is 4.90 Å². The van der Waals surface area contributed by atoms with E-state index in [4.69, 9.17) is 0 Å². The molecule has 2 aliphatic heterocycles. The molecule has 21 heavy (non-hydrogen) atoms. The molecule has 2 nitrogen and oxygen atoms in total. The molecule has 3 unspecified atom stereocenters. The minimum atomic E-state index is 0.405. The van der Waals surface area contributed by atoms with Crippen LogP contribution >= 0.6 is 0 Å². The van der Waals surface area contributed by atoms with Gasteiger partial charge in [-0.15, -0.1) is 0 Å². The number of likely N-dealkylation sites (tertiary alicyclic amines) is 1. The average Bonchev–Trinajstić information content (AvgIpc) is 2.87. The second-order valence-electron chi connectivity index (χ2n) is 9.00. The van der Waals surface area contributed by atoms with Crippen molar-refractivity contribution in [2.45, 2.75) is 97.3 Å². The first-order chi connectivity index (χ1) is 9.98. The SMILES string of the molecule is C[C@@H](C1CCCCC1)N1C2NCCCC2CC1C(C)(C)C. The molecular formula is C19H36N2. The van der Waals surface area contributed by atoms with Gasteiger partial charge in [-0.1, -0.05) is 40.0 Å². The van der Waals surface area contributed by atoms with E-state index in [9.17, 15) is 0 Å². The summed E-state index contributed by atoms with van der Waals surface area (Å²) in [6.45, 7) is 11.1. The van der Waals surface area contributed by atoms with Crippen molar-refractivity contribution in [3.8, 4) is 0 Å². The molecule has 2 saturated heterocycles. The van der Waals surface area contributed by atoms with Crippen molar-refractivity contribution in [2.24, 2.45) is 17.3 Å². The van der Waals surface area contributed by atoms with E-state index in [1.54, 1.807) is 0 Å². The van der Waals surface area contributed by atoms with Crippen LogP contribution in [-0.4, -0.2) is 29.7 Å². The van der Waals surface area contributed by atoms with Crippen molar-refractivity contribution < 1.29 is 0 Å². The summed E-state index contributed by atoms with van der Waals surface area (Å²) < 4.78 is 0. The summed E-state index contributed by atoms with van der Waals surface area (Å²) in [7, 11) is 0. The third-order valence-electron chi connectivity index (χ3n) is 6.56. The fourth-order valence-electron chi connectivity index (χ4n) is 5.33. The predicted molar refractivity (Wildman–Crippen MR) is 90.3 cm³/mol. The highest BCUT2D eigenvalue weighted by Crippen LogP contribution is 2.44. The lowest BCUT2D eigenvalue weighted by Gasteiger charge is -2.46. The summed E-state index contributed by atoms with van der Waals surface area (Å²) in [6, 6.07) is 1.52. The quantitative estimate of drug-likeness (QED) is 0.811. The Labute approximate surface area is 132 Å². The van der Waals surface area contributed by atoms with Gasteiger partial charge in [0.05, 0.1) is 6.17 Å². The molecule has 0 aromatic rings. The van der Waals surface area contributed by atoms with Gasteiger partial charge in [0.2, 0.25) is 0 Å². The van der Waals surface area contributed by atoms with E-state index in [2.05, 4.69) is 37.9 Å². The Morgan fingerprint density at radius 2 is 1.71 bits per heavy atom. The third kappa shape index (κ3) is 3.17. The number of rotatable bonds is 2. The molecule has 0 aromatic carbocycles. The van der Waals surface area contributed by atoms with E-state index in [-0.39, 0.29) is 0 Å². The minimum absolute atomic E-state index is 0.405. The van der Waals surface area contributed by atoms with Crippen LogP contribution in [0.3, 0.4) is 0 Å². The lowest BCUT2D eigenvalue weighted by Crippen LogP contribution is -2.57. The Kier molecular flexibility index (Phi) is 4.66. The van der Waals surface area contributed by atoms with Crippen molar-refractivity contribution >= 4 is 0 Å². The zero-order chi connectivity index (χ0) is 15.0. The fourth-order valence-corrected chi connectivity index (χ4v) is 5.33. The first kappa shape index (κ1) is 15.8. The average molecular weight is 293 g/mol. The zero-order valence-corrected chi connectivity index (χ0v) is 14.7. The van der Waals surface area contributed by atoms with E-state index < -0.39 is 0 Å². The molecule has 2 heteroatoms. The molecule has 3 aliphatic rings. The highest BCUT2D eigenvalue weighted by molar-refractivity contribution is 5.01. The van der Waals surface area contributed by atoms with Crippen molar-refractivity contribution in [3.05, 3.63) is 0 Å². The lowest BCUT2D eigenvalue weighted by molar-refractivity contribution is 0.0149. The number of fused-ring (bicyclic) bond motifs is 1. The maximum Gasteiger partial charge on any atom is 0.0631 e. The molecule has 3 rings (SSSR count). The van der Waals surface area contributed by atoms with Gasteiger partial charge in [0, 0.05) is 12.1 Å². The molecule has 1 N–H and O–H groups in total. The Bertz CT molecular complexity index is 340. The summed E-state index contributed by atoms with van der Waals surface area (Å²) in [5.41, 5.74) is 0.405. The Morgan fingerprint density at radius 1 is 1.00 bits per heavy atom. The van der Waals surface area contributed by atoms with E-state index in [1.165, 1.54) is 57.9 Å². The Morgan fingerprint density at radius 3 is 2.38 bits per heavy atom. The maximum absolute atomic E-state index is 3.88. The standard InChI is InChI=1S/C19H36N2/c1-14(15-9-6-5-7-10-15)21-17(19(2,3)4)13-16-11-8-12-20-18(16)21/h14-18,20H,5-13H2,1-4H3/t14-,16?,17?,18?/m0/s1. The van der Waals surface area contributed by atoms with Crippen LogP contribution in [-0.2, 0) is 0 Å². The molecule has 4 atom stereocenters. The molecular weight excluding hydrogens is 256 g/mol. The van der Waals surface area contributed by atoms with Crippen LogP contribution in [0.15, 0.2) is 0 Å². The van der Waals surface area contributed by atoms with Crippen molar-refractivity contribution in [1.82, 2.24) is 10.2 Å². The van der Waals surface area contributed by atoms with Gasteiger partial charge in [-0.2, -0.15) is 0 Å². The first-order valence-electron chi connectivity index (χ1n) is 9.49. The predicted octanol–water partition coefficient (Wildman–Crippen LogP) is 4.40. The van der Waals surface area contributed by atoms with Crippen molar-refractivity contribution in [2.75, 3.05) is 6.54 Å². The smallest absolute Gasteiger partial charge is 0.0631 e. The summed E-state index contributed by atoms with van der Waals surface area (Å²) in [5, 5.41) is 3.88. The molecule has 0 aromatic heterocycles. The van der Waals surface area contributed by atoms with Crippen LogP contribution in [0.25, 0.3) is 0 Å². The zero-order valence-electron chi connectivity index (χ0n) is 14.7. The van der Waals surface area contributed by atoms with Crippen LogP contribution in [0.5, 0.6) is 0 Å². The molecule has 0 amide bonds. The number of nitrogens with one attached hydrogen (secondary N) is 1. The van der Waals surface area contributed by atoms with Crippen LogP contribution in [0.2, 0.25) is 0 Å². The Balaban J connectivity index is 1.80. The number of nitrogens with zero attached hydrogens (tertiary/aromatic N) is 1. The van der Waals surface area contributed by atoms with Gasteiger partial charge in [-0.05, 0) is 62.8 Å². The summed E-state index contributed by atoms with van der Waals surface area (Å²) >= 11 is 0. The van der Waals surface area contributed by atoms with Gasteiger partial charge in [0.25, 0.3) is 0 Å². The van der Waals surface area contributed by atoms with Gasteiger partial charge in [-0.25, -0.2) is 0 Å². The van der Waals surface area contributed by atoms with Gasteiger partial charge >= 0.3 is 0 Å². The van der Waals surface area contributed by atoms with E-state index >= 15 is 0 Å². The normalized spacial score (nSPS) is 37.4. The van der Waals surface area contributed by atoms with Crippen molar-refractivity contribution in [3.63, 3.8) is 0 Å². The molecule has 1 saturated carbocycles. The van der Waals surface area contributed by atoms with Crippen LogP contribution in [0, 0.1) is 17.3 Å². The molecule has 1 aliphatic carbocycles. The highest BCUT2D eigenvalue weighted by Gasteiger charge is 2.49. The largest absolute Gasteiger partial charge is 0.301 e. The van der Waals surface area contributed by atoms with E-state index in [1.807, 2.05) is 0 Å². The summed E-state index contributed by atoms with van der Waals surface area (Å²) in [6.07, 6.45) is 12.2. The Hall–Kier alpha value is -0.0800. The highest BCUT2D eigenvalue weighted by atomic mass is 15.3. The summed E-state index contributed by atoms with van der Waals surface area (Å²) in [4.78, 5) is 2.93. The molecule has 0 spiro atoms. The molecule has 122 valence electrons. The molecule has 3 fully saturated rings. The first-order valence-corrected chi connectivity index (χ1v) is 9.49. The lowest BCUT2D eigenvalue weighted by atomic mass is 9.80. The topological polar surface area (TPSA) is 15.3 Å². The molecule has 2 heterocycles. The van der Waals surface area contributed by atoms with E-state index in [0.29, 0.717) is 11.6 Å². The number of hydrogen-bond donors (Lipinski definition) is 1. The second-order valence-corrected chi connectivity index (χ2v) is 9.00. The van der Waals surface area contributed by atoms with Gasteiger partial charge in [0.15, 0.2) is 0 Å². The minimum Gasteiger partial charge on any atom is -0.301 e. The van der Waals surface area contributed by atoms with Gasteiger partial charge in [0.1, 0.15) is 0 Å². The summed E-state index contributed by atoms with van der Waals surface area (Å²) in [5.74, 6) is 1.83.